The number of methoxy groups -OCH3 is 2. The van der Waals surface area contributed by atoms with Gasteiger partial charge < -0.3 is 14.4 Å². The average molecular weight is 281 g/mol. The number of carbonyl (C=O) groups is 2. The summed E-state index contributed by atoms with van der Waals surface area (Å²) < 4.78 is 10.00. The van der Waals surface area contributed by atoms with E-state index in [2.05, 4.69) is 0 Å². The van der Waals surface area contributed by atoms with Crippen molar-refractivity contribution in [2.75, 3.05) is 20.8 Å². The summed E-state index contributed by atoms with van der Waals surface area (Å²) in [5.41, 5.74) is 0. The Hall–Kier alpha value is -1.56. The van der Waals surface area contributed by atoms with E-state index in [1.54, 1.807) is 11.0 Å². The highest BCUT2D eigenvalue weighted by Crippen LogP contribution is 2.50. The summed E-state index contributed by atoms with van der Waals surface area (Å²) >= 11 is 1.34. The minimum absolute atomic E-state index is 0.130. The van der Waals surface area contributed by atoms with E-state index in [9.17, 15) is 9.59 Å². The molecule has 2 aliphatic rings. The minimum Gasteiger partial charge on any atom is -0.495 e. The molecule has 1 aliphatic carbocycles. The smallest absolute Gasteiger partial charge is 0.328 e. The van der Waals surface area contributed by atoms with Crippen LogP contribution in [0.1, 0.15) is 16.1 Å². The number of rotatable bonds is 3. The molecule has 19 heavy (non-hydrogen) atoms. The molecule has 1 aromatic heterocycles. The number of carbonyl (C=O) groups excluding carboxylic acids is 2. The first kappa shape index (κ1) is 12.5. The van der Waals surface area contributed by atoms with E-state index in [0.29, 0.717) is 23.1 Å². The van der Waals surface area contributed by atoms with E-state index in [0.717, 1.165) is 6.42 Å². The normalized spacial score (nSPS) is 27.9. The van der Waals surface area contributed by atoms with Crippen LogP contribution < -0.4 is 4.74 Å². The molecule has 0 unspecified atom stereocenters. The average Bonchev–Trinajstić information content (AvgIpc) is 2.90. The molecule has 6 heteroatoms. The molecule has 0 N–H and O–H groups in total. The SMILES string of the molecule is COC(=O)[C@@H]1[C@H]2C[C@H]2CN1C(=O)c1sccc1OC. The van der Waals surface area contributed by atoms with Gasteiger partial charge in [0.25, 0.3) is 5.91 Å². The first-order valence-corrected chi connectivity index (χ1v) is 7.05. The van der Waals surface area contributed by atoms with Crippen LogP contribution in [0.2, 0.25) is 0 Å². The summed E-state index contributed by atoms with van der Waals surface area (Å²) in [7, 11) is 2.91. The Balaban J connectivity index is 1.85. The largest absolute Gasteiger partial charge is 0.495 e. The predicted octanol–water partition coefficient (Wildman–Crippen LogP) is 1.39. The van der Waals surface area contributed by atoms with Crippen LogP contribution in [0, 0.1) is 11.8 Å². The lowest BCUT2D eigenvalue weighted by molar-refractivity contribution is -0.145. The van der Waals surface area contributed by atoms with Crippen molar-refractivity contribution < 1.29 is 19.1 Å². The highest BCUT2D eigenvalue weighted by molar-refractivity contribution is 7.12. The van der Waals surface area contributed by atoms with Crippen molar-refractivity contribution in [2.24, 2.45) is 11.8 Å². The number of piperidine rings is 1. The van der Waals surface area contributed by atoms with E-state index in [1.165, 1.54) is 25.6 Å². The first-order valence-electron chi connectivity index (χ1n) is 6.17. The summed E-state index contributed by atoms with van der Waals surface area (Å²) in [5.74, 6) is 0.865. The van der Waals surface area contributed by atoms with Gasteiger partial charge in [0.2, 0.25) is 0 Å². The van der Waals surface area contributed by atoms with Gasteiger partial charge in [0.1, 0.15) is 16.7 Å². The molecule has 0 aromatic carbocycles. The lowest BCUT2D eigenvalue weighted by Gasteiger charge is -2.25. The van der Waals surface area contributed by atoms with Crippen LogP contribution in [0.25, 0.3) is 0 Å². The standard InChI is InChI=1S/C13H15NO4S/c1-17-9-3-4-19-11(9)12(15)14-6-7-5-8(7)10(14)13(16)18-2/h3-4,7-8,10H,5-6H2,1-2H3/t7-,8-,10-/m0/s1. The number of hydrogen-bond donors (Lipinski definition) is 0. The molecule has 5 nitrogen and oxygen atoms in total. The molecule has 2 heterocycles. The van der Waals surface area contributed by atoms with Gasteiger partial charge in [0, 0.05) is 6.54 Å². The molecule has 2 fully saturated rings. The second kappa shape index (κ2) is 4.52. The Morgan fingerprint density at radius 2 is 2.21 bits per heavy atom. The molecule has 1 amide bonds. The number of thiophene rings is 1. The van der Waals surface area contributed by atoms with Crippen LogP contribution in [0.15, 0.2) is 11.4 Å². The number of ether oxygens (including phenoxy) is 2. The number of nitrogens with zero attached hydrogens (tertiary/aromatic N) is 1. The van der Waals surface area contributed by atoms with E-state index < -0.39 is 6.04 Å². The molecular formula is C13H15NO4S. The highest BCUT2D eigenvalue weighted by Gasteiger charge is 2.57. The minimum atomic E-state index is -0.422. The fraction of sp³-hybridized carbons (Fsp3) is 0.538. The molecule has 0 radical (unpaired) electrons. The lowest BCUT2D eigenvalue weighted by atomic mass is 10.2. The van der Waals surface area contributed by atoms with Crippen molar-refractivity contribution in [3.05, 3.63) is 16.3 Å². The zero-order valence-corrected chi connectivity index (χ0v) is 11.6. The van der Waals surface area contributed by atoms with Gasteiger partial charge in [-0.05, 0) is 29.7 Å². The third-order valence-electron chi connectivity index (χ3n) is 3.90. The summed E-state index contributed by atoms with van der Waals surface area (Å²) in [5, 5.41) is 1.82. The molecule has 0 spiro atoms. The fourth-order valence-electron chi connectivity index (χ4n) is 2.84. The monoisotopic (exact) mass is 281 g/mol. The summed E-state index contributed by atoms with van der Waals surface area (Å²) in [6, 6.07) is 1.34. The second-order valence-electron chi connectivity index (χ2n) is 4.90. The number of amides is 1. The molecule has 1 saturated heterocycles. The van der Waals surface area contributed by atoms with Gasteiger partial charge in [-0.25, -0.2) is 4.79 Å². The summed E-state index contributed by atoms with van der Waals surface area (Å²) in [4.78, 5) is 26.6. The van der Waals surface area contributed by atoms with Gasteiger partial charge in [0.15, 0.2) is 0 Å². The molecule has 3 atom stereocenters. The zero-order valence-electron chi connectivity index (χ0n) is 10.8. The van der Waals surface area contributed by atoms with Gasteiger partial charge in [-0.15, -0.1) is 11.3 Å². The molecule has 0 bridgehead atoms. The Morgan fingerprint density at radius 1 is 1.42 bits per heavy atom. The maximum Gasteiger partial charge on any atom is 0.328 e. The lowest BCUT2D eigenvalue weighted by Crippen LogP contribution is -2.43. The summed E-state index contributed by atoms with van der Waals surface area (Å²) in [6.07, 6.45) is 1.02. The van der Waals surface area contributed by atoms with Crippen LogP contribution >= 0.6 is 11.3 Å². The molecule has 102 valence electrons. The fourth-order valence-corrected chi connectivity index (χ4v) is 3.65. The van der Waals surface area contributed by atoms with Crippen molar-refractivity contribution in [3.8, 4) is 5.75 Å². The number of esters is 1. The third kappa shape index (κ3) is 1.90. The Labute approximate surface area is 115 Å². The predicted molar refractivity (Wildman–Crippen MR) is 69.3 cm³/mol. The van der Waals surface area contributed by atoms with Crippen molar-refractivity contribution in [1.29, 1.82) is 0 Å². The van der Waals surface area contributed by atoms with Crippen LogP contribution in [0.5, 0.6) is 5.75 Å². The quantitative estimate of drug-likeness (QED) is 0.786. The van der Waals surface area contributed by atoms with Gasteiger partial charge in [-0.2, -0.15) is 0 Å². The second-order valence-corrected chi connectivity index (χ2v) is 5.82. The molecule has 1 aromatic rings. The van der Waals surface area contributed by atoms with E-state index >= 15 is 0 Å². The van der Waals surface area contributed by atoms with Crippen LogP contribution in [-0.2, 0) is 9.53 Å². The molecule has 3 rings (SSSR count). The summed E-state index contributed by atoms with van der Waals surface area (Å²) in [6.45, 7) is 0.643. The number of hydrogen-bond acceptors (Lipinski definition) is 5. The van der Waals surface area contributed by atoms with E-state index in [-0.39, 0.29) is 17.8 Å². The topological polar surface area (TPSA) is 55.8 Å². The number of likely N-dealkylation sites (tertiary alicyclic amines) is 1. The molecular weight excluding hydrogens is 266 g/mol. The third-order valence-corrected chi connectivity index (χ3v) is 4.78. The van der Waals surface area contributed by atoms with Crippen molar-refractivity contribution in [1.82, 2.24) is 4.90 Å². The first-order chi connectivity index (χ1) is 9.17. The van der Waals surface area contributed by atoms with Crippen LogP contribution in [0.3, 0.4) is 0 Å². The highest BCUT2D eigenvalue weighted by atomic mass is 32.1. The zero-order chi connectivity index (χ0) is 13.6. The Morgan fingerprint density at radius 3 is 2.89 bits per heavy atom. The van der Waals surface area contributed by atoms with Gasteiger partial charge in [-0.1, -0.05) is 0 Å². The Kier molecular flexibility index (Phi) is 2.97. The Bertz CT molecular complexity index is 526. The van der Waals surface area contributed by atoms with Crippen LogP contribution in [0.4, 0.5) is 0 Å². The van der Waals surface area contributed by atoms with Gasteiger partial charge >= 0.3 is 5.97 Å². The maximum absolute atomic E-state index is 12.5. The van der Waals surface area contributed by atoms with Crippen molar-refractivity contribution in [3.63, 3.8) is 0 Å². The van der Waals surface area contributed by atoms with Gasteiger partial charge in [0.05, 0.1) is 14.2 Å². The molecule has 1 aliphatic heterocycles. The number of fused-ring (bicyclic) bond motifs is 1. The molecule has 1 saturated carbocycles. The van der Waals surface area contributed by atoms with Crippen LogP contribution in [-0.4, -0.2) is 43.6 Å². The van der Waals surface area contributed by atoms with Crippen molar-refractivity contribution in [2.45, 2.75) is 12.5 Å². The van der Waals surface area contributed by atoms with Gasteiger partial charge in [-0.3, -0.25) is 4.79 Å². The van der Waals surface area contributed by atoms with E-state index in [1.807, 2.05) is 5.38 Å². The maximum atomic E-state index is 12.5. The van der Waals surface area contributed by atoms with Crippen molar-refractivity contribution >= 4 is 23.2 Å². The van der Waals surface area contributed by atoms with E-state index in [4.69, 9.17) is 9.47 Å².